The molecule has 0 spiro atoms. The molecule has 206 valence electrons. The molecule has 1 atom stereocenters. The van der Waals surface area contributed by atoms with Crippen LogP contribution >= 0.6 is 23.4 Å². The van der Waals surface area contributed by atoms with Crippen LogP contribution in [0.3, 0.4) is 0 Å². The highest BCUT2D eigenvalue weighted by Gasteiger charge is 2.36. The zero-order valence-corrected chi connectivity index (χ0v) is 24.7. The lowest BCUT2D eigenvalue weighted by Gasteiger charge is -2.29. The molecule has 6 nitrogen and oxygen atoms in total. The number of nitriles is 1. The Labute approximate surface area is 240 Å². The van der Waals surface area contributed by atoms with Gasteiger partial charge in [0.2, 0.25) is 0 Å². The number of ether oxygens (including phenoxy) is 2. The maximum atomic E-state index is 13.1. The fourth-order valence-electron chi connectivity index (χ4n) is 4.32. The van der Waals surface area contributed by atoms with Crippen molar-refractivity contribution < 1.29 is 19.1 Å². The fraction of sp³-hybridized carbons (Fsp3) is 0.387. The number of carbonyl (C=O) groups is 2. The van der Waals surface area contributed by atoms with Gasteiger partial charge in [0, 0.05) is 29.8 Å². The summed E-state index contributed by atoms with van der Waals surface area (Å²) in [6, 6.07) is 17.3. The first-order valence-corrected chi connectivity index (χ1v) is 14.2. The van der Waals surface area contributed by atoms with Crippen LogP contribution in [-0.2, 0) is 19.7 Å². The van der Waals surface area contributed by atoms with Crippen LogP contribution in [0.25, 0.3) is 0 Å². The zero-order chi connectivity index (χ0) is 28.6. The van der Waals surface area contributed by atoms with Gasteiger partial charge in [0.05, 0.1) is 34.8 Å². The van der Waals surface area contributed by atoms with Crippen LogP contribution in [0.4, 0.5) is 0 Å². The second-order valence-corrected chi connectivity index (χ2v) is 11.8. The molecule has 0 saturated carbocycles. The summed E-state index contributed by atoms with van der Waals surface area (Å²) >= 11 is 8.00. The second-order valence-electron chi connectivity index (χ2n) is 10.3. The van der Waals surface area contributed by atoms with Crippen LogP contribution in [0.1, 0.15) is 67.9 Å². The van der Waals surface area contributed by atoms with E-state index in [1.807, 2.05) is 36.4 Å². The van der Waals surface area contributed by atoms with Gasteiger partial charge in [0.15, 0.2) is 5.78 Å². The lowest BCUT2D eigenvalue weighted by atomic mass is 9.82. The number of rotatable bonds is 11. The molecule has 0 bridgehead atoms. The minimum absolute atomic E-state index is 0.0341. The first kappa shape index (κ1) is 30.5. The average molecular weight is 567 g/mol. The Hall–Kier alpha value is -3.05. The number of dihydropyridines is 1. The summed E-state index contributed by atoms with van der Waals surface area (Å²) in [5.41, 5.74) is 3.91. The highest BCUT2D eigenvalue weighted by Crippen LogP contribution is 2.43. The van der Waals surface area contributed by atoms with Gasteiger partial charge in [-0.25, -0.2) is 4.79 Å². The minimum atomic E-state index is -0.676. The maximum Gasteiger partial charge on any atom is 0.336 e. The predicted octanol–water partition coefficient (Wildman–Crippen LogP) is 6.92. The van der Waals surface area contributed by atoms with Gasteiger partial charge in [-0.05, 0) is 41.7 Å². The van der Waals surface area contributed by atoms with E-state index in [0.29, 0.717) is 56.6 Å². The molecule has 3 rings (SSSR count). The van der Waals surface area contributed by atoms with Crippen molar-refractivity contribution in [3.8, 4) is 6.07 Å². The smallest absolute Gasteiger partial charge is 0.336 e. The number of methoxy groups -OCH3 is 1. The largest absolute Gasteiger partial charge is 0.460 e. The minimum Gasteiger partial charge on any atom is -0.460 e. The average Bonchev–Trinajstić information content (AvgIpc) is 2.90. The molecule has 1 N–H and O–H groups in total. The van der Waals surface area contributed by atoms with Crippen LogP contribution in [0, 0.1) is 11.3 Å². The topological polar surface area (TPSA) is 88.4 Å². The standard InChI is InChI=1S/C31H35ClN2O4S/c1-20-27(30(36)38-17-16-37-5)28(23-9-6-7-10-25(23)32)24(19-33)29(34-20)39-18-8-11-26(35)21-12-14-22(15-13-21)31(2,3)4/h6-7,9-10,12-15,28,34H,8,11,16-18H2,1-5H3/t28-/m0/s1. The van der Waals surface area contributed by atoms with E-state index < -0.39 is 11.9 Å². The number of hydrogen-bond donors (Lipinski definition) is 1. The SMILES string of the molecule is COCCOC(=O)C1=C(C)NC(SCCCC(=O)c2ccc(C(C)(C)C)cc2)=C(C#N)[C@@H]1c1ccccc1Cl. The molecule has 8 heteroatoms. The number of halogens is 1. The number of Topliss-reactive ketones (excluding diaryl/α,β-unsaturated/α-hetero) is 1. The molecular formula is C31H35ClN2O4S. The van der Waals surface area contributed by atoms with E-state index in [1.165, 1.54) is 24.4 Å². The van der Waals surface area contributed by atoms with Crippen LogP contribution in [0.5, 0.6) is 0 Å². The molecule has 0 aromatic heterocycles. The van der Waals surface area contributed by atoms with Gasteiger partial charge in [0.25, 0.3) is 0 Å². The van der Waals surface area contributed by atoms with Crippen molar-refractivity contribution in [1.82, 2.24) is 5.32 Å². The summed E-state index contributed by atoms with van der Waals surface area (Å²) in [6.45, 7) is 8.59. The Bertz CT molecular complexity index is 1300. The normalized spacial score (nSPS) is 15.6. The Kier molecular flexibility index (Phi) is 10.8. The Balaban J connectivity index is 1.76. The molecule has 0 unspecified atom stereocenters. The second kappa shape index (κ2) is 13.8. The number of hydrogen-bond acceptors (Lipinski definition) is 7. The highest BCUT2D eigenvalue weighted by atomic mass is 35.5. The molecule has 1 heterocycles. The molecule has 0 fully saturated rings. The van der Waals surface area contributed by atoms with Crippen molar-refractivity contribution in [1.29, 1.82) is 5.26 Å². The fourth-order valence-corrected chi connectivity index (χ4v) is 5.60. The number of ketones is 1. The molecule has 0 aliphatic carbocycles. The molecular weight excluding hydrogens is 532 g/mol. The van der Waals surface area contributed by atoms with Crippen LogP contribution < -0.4 is 5.32 Å². The summed E-state index contributed by atoms with van der Waals surface area (Å²) in [7, 11) is 1.53. The Morgan fingerprint density at radius 2 is 1.79 bits per heavy atom. The molecule has 2 aromatic rings. The van der Waals surface area contributed by atoms with Crippen molar-refractivity contribution in [3.63, 3.8) is 0 Å². The molecule has 0 radical (unpaired) electrons. The summed E-state index contributed by atoms with van der Waals surface area (Å²) in [6.07, 6.45) is 1.04. The van der Waals surface area contributed by atoms with Gasteiger partial charge in [-0.2, -0.15) is 5.26 Å². The summed E-state index contributed by atoms with van der Waals surface area (Å²) in [4.78, 5) is 25.9. The first-order valence-electron chi connectivity index (χ1n) is 12.9. The lowest BCUT2D eigenvalue weighted by molar-refractivity contribution is -0.140. The number of esters is 1. The van der Waals surface area contributed by atoms with E-state index in [9.17, 15) is 14.9 Å². The number of thioether (sulfide) groups is 1. The van der Waals surface area contributed by atoms with Crippen molar-refractivity contribution >= 4 is 35.1 Å². The summed E-state index contributed by atoms with van der Waals surface area (Å²) < 4.78 is 10.4. The van der Waals surface area contributed by atoms with Gasteiger partial charge in [-0.3, -0.25) is 4.79 Å². The van der Waals surface area contributed by atoms with Gasteiger partial charge >= 0.3 is 5.97 Å². The van der Waals surface area contributed by atoms with E-state index in [0.717, 1.165) is 0 Å². The monoisotopic (exact) mass is 566 g/mol. The van der Waals surface area contributed by atoms with E-state index in [2.05, 4.69) is 32.2 Å². The number of carbonyl (C=O) groups excluding carboxylic acids is 2. The number of benzene rings is 2. The third-order valence-electron chi connectivity index (χ3n) is 6.47. The van der Waals surface area contributed by atoms with Gasteiger partial charge in [0.1, 0.15) is 6.61 Å². The van der Waals surface area contributed by atoms with E-state index in [1.54, 1.807) is 19.1 Å². The summed E-state index contributed by atoms with van der Waals surface area (Å²) in [5.74, 6) is -0.490. The van der Waals surface area contributed by atoms with Gasteiger partial charge in [-0.1, -0.05) is 74.8 Å². The number of allylic oxidation sites excluding steroid dienone is 2. The third kappa shape index (κ3) is 7.76. The van der Waals surface area contributed by atoms with E-state index >= 15 is 0 Å². The Morgan fingerprint density at radius 1 is 1.10 bits per heavy atom. The quantitative estimate of drug-likeness (QED) is 0.179. The lowest BCUT2D eigenvalue weighted by Crippen LogP contribution is -2.29. The third-order valence-corrected chi connectivity index (χ3v) is 7.92. The molecule has 2 aromatic carbocycles. The van der Waals surface area contributed by atoms with Crippen LogP contribution in [0.2, 0.25) is 5.02 Å². The van der Waals surface area contributed by atoms with Crippen LogP contribution in [-0.4, -0.2) is 37.8 Å². The first-order chi connectivity index (χ1) is 18.6. The number of nitrogens with one attached hydrogen (secondary N) is 1. The van der Waals surface area contributed by atoms with Crippen molar-refractivity contribution in [2.45, 2.75) is 51.9 Å². The van der Waals surface area contributed by atoms with Crippen molar-refractivity contribution in [2.75, 3.05) is 26.1 Å². The zero-order valence-electron chi connectivity index (χ0n) is 23.1. The maximum absolute atomic E-state index is 13.1. The van der Waals surface area contributed by atoms with Gasteiger partial charge < -0.3 is 14.8 Å². The molecule has 0 amide bonds. The Morgan fingerprint density at radius 3 is 2.41 bits per heavy atom. The van der Waals surface area contributed by atoms with E-state index in [-0.39, 0.29) is 24.4 Å². The molecule has 1 aliphatic heterocycles. The molecule has 39 heavy (non-hydrogen) atoms. The van der Waals surface area contributed by atoms with E-state index in [4.69, 9.17) is 21.1 Å². The highest BCUT2D eigenvalue weighted by molar-refractivity contribution is 8.03. The summed E-state index contributed by atoms with van der Waals surface area (Å²) in [5, 5.41) is 14.5. The van der Waals surface area contributed by atoms with Gasteiger partial charge in [-0.15, -0.1) is 11.8 Å². The van der Waals surface area contributed by atoms with Crippen LogP contribution in [0.15, 0.2) is 70.4 Å². The predicted molar refractivity (Wildman–Crippen MR) is 157 cm³/mol. The molecule has 0 saturated heterocycles. The number of nitrogens with zero attached hydrogens (tertiary/aromatic N) is 1. The molecule has 1 aliphatic rings. The van der Waals surface area contributed by atoms with Crippen molar-refractivity contribution in [2.24, 2.45) is 0 Å². The van der Waals surface area contributed by atoms with Crippen molar-refractivity contribution in [3.05, 3.63) is 92.1 Å².